The summed E-state index contributed by atoms with van der Waals surface area (Å²) in [6.07, 6.45) is 3.57. The standard InChI is InChI=1S/C16H20N4O2/c17-14(21)10-20-15(11-19-8-4-1-5-9-19)18-13-7-3-2-6-12(13)16(20)22/h2-3,6-7H,1,4-5,8-11H2,(H2,17,21). The highest BCUT2D eigenvalue weighted by molar-refractivity contribution is 5.78. The number of carbonyl (C=O) groups excluding carboxylic acids is 1. The van der Waals surface area contributed by atoms with Crippen molar-refractivity contribution in [1.29, 1.82) is 0 Å². The summed E-state index contributed by atoms with van der Waals surface area (Å²) in [6, 6.07) is 7.21. The second-order valence-corrected chi connectivity index (χ2v) is 5.74. The summed E-state index contributed by atoms with van der Waals surface area (Å²) < 4.78 is 1.42. The minimum atomic E-state index is -0.529. The van der Waals surface area contributed by atoms with Crippen LogP contribution in [0.1, 0.15) is 25.1 Å². The highest BCUT2D eigenvalue weighted by atomic mass is 16.2. The van der Waals surface area contributed by atoms with Crippen molar-refractivity contribution in [3.05, 3.63) is 40.4 Å². The van der Waals surface area contributed by atoms with Gasteiger partial charge in [0.15, 0.2) is 0 Å². The van der Waals surface area contributed by atoms with Crippen LogP contribution in [0.5, 0.6) is 0 Å². The fourth-order valence-corrected chi connectivity index (χ4v) is 2.97. The number of para-hydroxylation sites is 1. The molecule has 3 rings (SSSR count). The van der Waals surface area contributed by atoms with Gasteiger partial charge in [-0.15, -0.1) is 0 Å². The first-order chi connectivity index (χ1) is 10.6. The molecule has 1 aliphatic heterocycles. The Kier molecular flexibility index (Phi) is 4.20. The van der Waals surface area contributed by atoms with Gasteiger partial charge in [-0.2, -0.15) is 0 Å². The zero-order chi connectivity index (χ0) is 15.5. The van der Waals surface area contributed by atoms with Crippen molar-refractivity contribution < 1.29 is 4.79 Å². The Morgan fingerprint density at radius 1 is 1.18 bits per heavy atom. The number of likely N-dealkylation sites (tertiary alicyclic amines) is 1. The minimum Gasteiger partial charge on any atom is -0.368 e. The summed E-state index contributed by atoms with van der Waals surface area (Å²) in [5.41, 5.74) is 5.77. The molecule has 1 saturated heterocycles. The average Bonchev–Trinajstić information content (AvgIpc) is 2.52. The van der Waals surface area contributed by atoms with Gasteiger partial charge in [0.1, 0.15) is 12.4 Å². The van der Waals surface area contributed by atoms with Gasteiger partial charge < -0.3 is 5.73 Å². The van der Waals surface area contributed by atoms with Crippen molar-refractivity contribution in [2.24, 2.45) is 5.73 Å². The molecule has 0 aliphatic carbocycles. The molecule has 6 nitrogen and oxygen atoms in total. The molecule has 2 N–H and O–H groups in total. The first kappa shape index (κ1) is 14.7. The van der Waals surface area contributed by atoms with Crippen LogP contribution >= 0.6 is 0 Å². The summed E-state index contributed by atoms with van der Waals surface area (Å²) in [7, 11) is 0. The second-order valence-electron chi connectivity index (χ2n) is 5.74. The number of nitrogens with two attached hydrogens (primary N) is 1. The Labute approximate surface area is 128 Å². The molecular weight excluding hydrogens is 280 g/mol. The summed E-state index contributed by atoms with van der Waals surface area (Å²) >= 11 is 0. The molecule has 22 heavy (non-hydrogen) atoms. The van der Waals surface area contributed by atoms with Crippen LogP contribution in [0.2, 0.25) is 0 Å². The Morgan fingerprint density at radius 2 is 1.91 bits per heavy atom. The predicted molar refractivity (Wildman–Crippen MR) is 84.3 cm³/mol. The van der Waals surface area contributed by atoms with Crippen LogP contribution in [0.3, 0.4) is 0 Å². The van der Waals surface area contributed by atoms with E-state index in [0.29, 0.717) is 23.3 Å². The topological polar surface area (TPSA) is 81.2 Å². The molecule has 1 aliphatic rings. The van der Waals surface area contributed by atoms with Gasteiger partial charge in [-0.25, -0.2) is 4.98 Å². The number of primary amides is 1. The van der Waals surface area contributed by atoms with Gasteiger partial charge in [0.05, 0.1) is 17.4 Å². The highest BCUT2D eigenvalue weighted by Crippen LogP contribution is 2.13. The van der Waals surface area contributed by atoms with Crippen LogP contribution < -0.4 is 11.3 Å². The molecular formula is C16H20N4O2. The van der Waals surface area contributed by atoms with E-state index in [2.05, 4.69) is 9.88 Å². The number of carbonyl (C=O) groups is 1. The van der Waals surface area contributed by atoms with Crippen molar-refractivity contribution in [1.82, 2.24) is 14.5 Å². The van der Waals surface area contributed by atoms with Crippen LogP contribution in [0, 0.1) is 0 Å². The maximum atomic E-state index is 12.6. The lowest BCUT2D eigenvalue weighted by atomic mass is 10.1. The highest BCUT2D eigenvalue weighted by Gasteiger charge is 2.17. The summed E-state index contributed by atoms with van der Waals surface area (Å²) in [5, 5.41) is 0.520. The molecule has 6 heteroatoms. The van der Waals surface area contributed by atoms with E-state index >= 15 is 0 Å². The van der Waals surface area contributed by atoms with E-state index in [-0.39, 0.29) is 12.1 Å². The van der Waals surface area contributed by atoms with E-state index in [1.807, 2.05) is 12.1 Å². The van der Waals surface area contributed by atoms with Crippen LogP contribution in [0.15, 0.2) is 29.1 Å². The first-order valence-corrected chi connectivity index (χ1v) is 7.64. The lowest BCUT2D eigenvalue weighted by molar-refractivity contribution is -0.118. The number of nitrogens with zero attached hydrogens (tertiary/aromatic N) is 3. The molecule has 0 radical (unpaired) electrons. The smallest absolute Gasteiger partial charge is 0.261 e. The lowest BCUT2D eigenvalue weighted by Crippen LogP contribution is -2.36. The second kappa shape index (κ2) is 6.27. The zero-order valence-electron chi connectivity index (χ0n) is 12.5. The van der Waals surface area contributed by atoms with Crippen LogP contribution in [0.25, 0.3) is 10.9 Å². The molecule has 0 saturated carbocycles. The number of amides is 1. The number of hydrogen-bond donors (Lipinski definition) is 1. The minimum absolute atomic E-state index is 0.125. The summed E-state index contributed by atoms with van der Waals surface area (Å²) in [4.78, 5) is 30.8. The van der Waals surface area contributed by atoms with Crippen LogP contribution in [-0.4, -0.2) is 33.4 Å². The Balaban J connectivity index is 2.05. The number of hydrogen-bond acceptors (Lipinski definition) is 4. The third-order valence-corrected chi connectivity index (χ3v) is 4.07. The third-order valence-electron chi connectivity index (χ3n) is 4.07. The number of rotatable bonds is 4. The van der Waals surface area contributed by atoms with Gasteiger partial charge in [-0.1, -0.05) is 18.6 Å². The molecule has 0 atom stereocenters. The number of fused-ring (bicyclic) bond motifs is 1. The average molecular weight is 300 g/mol. The van der Waals surface area contributed by atoms with Crippen molar-refractivity contribution in [2.45, 2.75) is 32.4 Å². The molecule has 1 amide bonds. The summed E-state index contributed by atoms with van der Waals surface area (Å²) in [6.45, 7) is 2.45. The molecule has 0 unspecified atom stereocenters. The van der Waals surface area contributed by atoms with Crippen molar-refractivity contribution in [3.63, 3.8) is 0 Å². The summed E-state index contributed by atoms with van der Waals surface area (Å²) in [5.74, 6) is 0.0866. The van der Waals surface area contributed by atoms with Gasteiger partial charge >= 0.3 is 0 Å². The number of benzene rings is 1. The van der Waals surface area contributed by atoms with E-state index in [4.69, 9.17) is 5.73 Å². The van der Waals surface area contributed by atoms with Crippen LogP contribution in [-0.2, 0) is 17.9 Å². The van der Waals surface area contributed by atoms with Gasteiger partial charge in [0.2, 0.25) is 5.91 Å². The predicted octanol–water partition coefficient (Wildman–Crippen LogP) is 0.868. The van der Waals surface area contributed by atoms with Gasteiger partial charge in [-0.05, 0) is 38.1 Å². The van der Waals surface area contributed by atoms with E-state index in [9.17, 15) is 9.59 Å². The van der Waals surface area contributed by atoms with E-state index in [1.165, 1.54) is 11.0 Å². The monoisotopic (exact) mass is 300 g/mol. The number of piperidine rings is 1. The fourth-order valence-electron chi connectivity index (χ4n) is 2.97. The van der Waals surface area contributed by atoms with Gasteiger partial charge in [-0.3, -0.25) is 19.1 Å². The maximum Gasteiger partial charge on any atom is 0.261 e. The van der Waals surface area contributed by atoms with Crippen molar-refractivity contribution in [3.8, 4) is 0 Å². The molecule has 2 aromatic rings. The normalized spacial score (nSPS) is 16.0. The lowest BCUT2D eigenvalue weighted by Gasteiger charge is -2.27. The van der Waals surface area contributed by atoms with E-state index in [1.54, 1.807) is 12.1 Å². The van der Waals surface area contributed by atoms with E-state index < -0.39 is 5.91 Å². The van der Waals surface area contributed by atoms with Gasteiger partial charge in [0, 0.05) is 0 Å². The third kappa shape index (κ3) is 3.01. The van der Waals surface area contributed by atoms with E-state index in [0.717, 1.165) is 25.9 Å². The first-order valence-electron chi connectivity index (χ1n) is 7.64. The number of aromatic nitrogens is 2. The molecule has 1 aromatic heterocycles. The Hall–Kier alpha value is -2.21. The van der Waals surface area contributed by atoms with Crippen molar-refractivity contribution >= 4 is 16.8 Å². The van der Waals surface area contributed by atoms with Crippen LogP contribution in [0.4, 0.5) is 0 Å². The SMILES string of the molecule is NC(=O)Cn1c(CN2CCCCC2)nc2ccccc2c1=O. The Bertz CT molecular complexity index is 747. The molecule has 1 aromatic carbocycles. The molecule has 0 spiro atoms. The van der Waals surface area contributed by atoms with Crippen molar-refractivity contribution in [2.75, 3.05) is 13.1 Å². The maximum absolute atomic E-state index is 12.6. The zero-order valence-corrected chi connectivity index (χ0v) is 12.5. The fraction of sp³-hybridized carbons (Fsp3) is 0.438. The molecule has 1 fully saturated rings. The molecule has 2 heterocycles. The van der Waals surface area contributed by atoms with Gasteiger partial charge in [0.25, 0.3) is 5.56 Å². The molecule has 116 valence electrons. The Morgan fingerprint density at radius 3 is 2.64 bits per heavy atom. The molecule has 0 bridgehead atoms. The quantitative estimate of drug-likeness (QED) is 0.908. The largest absolute Gasteiger partial charge is 0.368 e.